The SMILES string of the molecule is CCOP(=O)(OCC)N(C(CO)(CO)CO)P(=O)(OCC)OCC. The second-order valence-corrected chi connectivity index (χ2v) is 8.62. The Kier molecular flexibility index (Phi) is 11.0. The summed E-state index contributed by atoms with van der Waals surface area (Å²) in [4.78, 5) is 0. The Morgan fingerprint density at radius 2 is 0.958 bits per heavy atom. The summed E-state index contributed by atoms with van der Waals surface area (Å²) in [5, 5.41) is 29.2. The topological polar surface area (TPSA) is 135 Å². The molecule has 0 bridgehead atoms. The summed E-state index contributed by atoms with van der Waals surface area (Å²) in [5.74, 6) is 0. The molecule has 0 unspecified atom stereocenters. The van der Waals surface area contributed by atoms with Crippen molar-refractivity contribution in [1.82, 2.24) is 4.44 Å². The van der Waals surface area contributed by atoms with Gasteiger partial charge < -0.3 is 15.3 Å². The number of aliphatic hydroxyl groups excluding tert-OH is 3. The van der Waals surface area contributed by atoms with Crippen LogP contribution in [0.2, 0.25) is 0 Å². The molecule has 0 aliphatic carbocycles. The molecule has 0 aromatic heterocycles. The van der Waals surface area contributed by atoms with E-state index >= 15 is 0 Å². The van der Waals surface area contributed by atoms with E-state index in [1.54, 1.807) is 0 Å². The van der Waals surface area contributed by atoms with Crippen LogP contribution in [-0.2, 0) is 27.2 Å². The third kappa shape index (κ3) is 5.32. The van der Waals surface area contributed by atoms with E-state index in [9.17, 15) is 24.4 Å². The highest BCUT2D eigenvalue weighted by molar-refractivity contribution is 7.67. The van der Waals surface area contributed by atoms with Crippen LogP contribution in [0.1, 0.15) is 27.7 Å². The van der Waals surface area contributed by atoms with Gasteiger partial charge in [0.1, 0.15) is 5.54 Å². The van der Waals surface area contributed by atoms with Crippen LogP contribution in [0.4, 0.5) is 0 Å². The van der Waals surface area contributed by atoms with E-state index in [4.69, 9.17) is 18.1 Å². The van der Waals surface area contributed by atoms with Gasteiger partial charge in [-0.3, -0.25) is 18.1 Å². The summed E-state index contributed by atoms with van der Waals surface area (Å²) in [5.41, 5.74) is -2.01. The minimum Gasteiger partial charge on any atom is -0.394 e. The Bertz CT molecular complexity index is 386. The minimum atomic E-state index is -4.34. The molecule has 0 aromatic rings. The van der Waals surface area contributed by atoms with Crippen molar-refractivity contribution in [3.63, 3.8) is 0 Å². The van der Waals surface area contributed by atoms with Gasteiger partial charge in [-0.1, -0.05) is 4.44 Å². The second kappa shape index (κ2) is 11.0. The van der Waals surface area contributed by atoms with Crippen LogP contribution in [0.15, 0.2) is 0 Å². The molecule has 0 saturated heterocycles. The maximum absolute atomic E-state index is 13.2. The maximum Gasteiger partial charge on any atom is 0.418 e. The number of rotatable bonds is 14. The van der Waals surface area contributed by atoms with Gasteiger partial charge in [0.2, 0.25) is 0 Å². The van der Waals surface area contributed by atoms with E-state index in [-0.39, 0.29) is 26.4 Å². The molecule has 0 saturated carbocycles. The number of nitrogens with zero attached hydrogens (tertiary/aromatic N) is 1. The Hall–Kier alpha value is 0.140. The lowest BCUT2D eigenvalue weighted by Gasteiger charge is -2.44. The van der Waals surface area contributed by atoms with E-state index in [0.717, 1.165) is 0 Å². The number of hydrogen-bond acceptors (Lipinski definition) is 9. The van der Waals surface area contributed by atoms with Crippen LogP contribution in [0.5, 0.6) is 0 Å². The Balaban J connectivity index is 6.45. The molecule has 0 radical (unpaired) electrons. The first-order chi connectivity index (χ1) is 11.3. The summed E-state index contributed by atoms with van der Waals surface area (Å²) >= 11 is 0. The fourth-order valence-electron chi connectivity index (χ4n) is 1.94. The Labute approximate surface area is 142 Å². The first-order valence-electron chi connectivity index (χ1n) is 7.71. The maximum atomic E-state index is 13.2. The molecule has 0 spiro atoms. The fraction of sp³-hybridized carbons (Fsp3) is 1.00. The fourth-order valence-corrected chi connectivity index (χ4v) is 6.94. The molecule has 12 heteroatoms. The molecule has 10 nitrogen and oxygen atoms in total. The normalized spacial score (nSPS) is 13.7. The van der Waals surface area contributed by atoms with Crippen molar-refractivity contribution in [2.75, 3.05) is 46.2 Å². The molecule has 0 atom stereocenters. The summed E-state index contributed by atoms with van der Waals surface area (Å²) in [6.45, 7) is 3.15. The average molecular weight is 393 g/mol. The van der Waals surface area contributed by atoms with Crippen LogP contribution in [-0.4, -0.2) is 71.5 Å². The lowest BCUT2D eigenvalue weighted by atomic mass is 10.1. The van der Waals surface area contributed by atoms with E-state index in [1.807, 2.05) is 0 Å². The van der Waals surface area contributed by atoms with Gasteiger partial charge in [0.15, 0.2) is 0 Å². The largest absolute Gasteiger partial charge is 0.418 e. The van der Waals surface area contributed by atoms with Crippen LogP contribution in [0, 0.1) is 0 Å². The van der Waals surface area contributed by atoms with E-state index in [0.29, 0.717) is 4.44 Å². The van der Waals surface area contributed by atoms with Gasteiger partial charge in [-0.25, -0.2) is 9.13 Å². The van der Waals surface area contributed by atoms with Gasteiger partial charge in [-0.15, -0.1) is 0 Å². The van der Waals surface area contributed by atoms with Crippen molar-refractivity contribution in [3.8, 4) is 0 Å². The summed E-state index contributed by atoms with van der Waals surface area (Å²) in [7, 11) is -8.68. The van der Waals surface area contributed by atoms with Crippen LogP contribution >= 0.6 is 15.5 Å². The van der Waals surface area contributed by atoms with Gasteiger partial charge in [-0.05, 0) is 27.7 Å². The van der Waals surface area contributed by atoms with Crippen LogP contribution < -0.4 is 0 Å². The summed E-state index contributed by atoms with van der Waals surface area (Å²) < 4.78 is 47.8. The van der Waals surface area contributed by atoms with Crippen molar-refractivity contribution < 1.29 is 42.5 Å². The molecule has 146 valence electrons. The van der Waals surface area contributed by atoms with Crippen molar-refractivity contribution in [2.45, 2.75) is 33.2 Å². The van der Waals surface area contributed by atoms with Crippen molar-refractivity contribution >= 4 is 15.5 Å². The molecule has 0 aliphatic rings. The predicted molar refractivity (Wildman–Crippen MR) is 87.5 cm³/mol. The molecule has 0 amide bonds. The Morgan fingerprint density at radius 1 is 0.708 bits per heavy atom. The zero-order chi connectivity index (χ0) is 18.9. The third-order valence-corrected chi connectivity index (χ3v) is 8.37. The lowest BCUT2D eigenvalue weighted by Crippen LogP contribution is -2.54. The molecule has 0 aromatic carbocycles. The molecule has 24 heavy (non-hydrogen) atoms. The van der Waals surface area contributed by atoms with E-state index in [2.05, 4.69) is 0 Å². The quantitative estimate of drug-likeness (QED) is 0.371. The predicted octanol–water partition coefficient (Wildman–Crippen LogP) is 1.37. The average Bonchev–Trinajstić information content (AvgIpc) is 2.53. The number of hydrogen-bond donors (Lipinski definition) is 3. The van der Waals surface area contributed by atoms with E-state index in [1.165, 1.54) is 27.7 Å². The summed E-state index contributed by atoms with van der Waals surface area (Å²) in [6.07, 6.45) is 0. The highest BCUT2D eigenvalue weighted by Crippen LogP contribution is 2.71. The zero-order valence-corrected chi connectivity index (χ0v) is 16.4. The minimum absolute atomic E-state index is 0.0790. The van der Waals surface area contributed by atoms with Gasteiger partial charge in [-0.2, -0.15) is 0 Å². The molecular weight excluding hydrogens is 364 g/mol. The molecule has 0 fully saturated rings. The molecule has 0 heterocycles. The zero-order valence-electron chi connectivity index (χ0n) is 14.6. The molecular formula is C12H29NO9P2. The second-order valence-electron chi connectivity index (χ2n) is 4.60. The van der Waals surface area contributed by atoms with Gasteiger partial charge in [0, 0.05) is 0 Å². The highest BCUT2D eigenvalue weighted by atomic mass is 31.3. The van der Waals surface area contributed by atoms with Crippen LogP contribution in [0.3, 0.4) is 0 Å². The third-order valence-electron chi connectivity index (χ3n) is 2.94. The standard InChI is InChI=1S/C12H29NO9P2/c1-5-19-23(17,20-6-2)13(12(9-14,10-15)11-16)24(18,21-7-3)22-8-4/h14-16H,5-11H2,1-4H3. The van der Waals surface area contributed by atoms with Gasteiger partial charge >= 0.3 is 15.5 Å². The summed E-state index contributed by atoms with van der Waals surface area (Å²) in [6, 6.07) is 0. The van der Waals surface area contributed by atoms with E-state index < -0.39 is 40.9 Å². The lowest BCUT2D eigenvalue weighted by molar-refractivity contribution is -0.00721. The molecule has 0 rings (SSSR count). The first kappa shape index (κ1) is 24.1. The van der Waals surface area contributed by atoms with Gasteiger partial charge in [0.05, 0.1) is 46.2 Å². The highest BCUT2D eigenvalue weighted by Gasteiger charge is 2.58. The van der Waals surface area contributed by atoms with Gasteiger partial charge in [0.25, 0.3) is 0 Å². The van der Waals surface area contributed by atoms with Crippen molar-refractivity contribution in [2.24, 2.45) is 0 Å². The smallest absolute Gasteiger partial charge is 0.394 e. The number of aliphatic hydroxyl groups is 3. The molecule has 3 N–H and O–H groups in total. The van der Waals surface area contributed by atoms with Crippen molar-refractivity contribution in [1.29, 1.82) is 0 Å². The van der Waals surface area contributed by atoms with Crippen molar-refractivity contribution in [3.05, 3.63) is 0 Å². The van der Waals surface area contributed by atoms with Crippen LogP contribution in [0.25, 0.3) is 0 Å². The molecule has 0 aliphatic heterocycles. The first-order valence-corrected chi connectivity index (χ1v) is 10.7. The Morgan fingerprint density at radius 3 is 1.12 bits per heavy atom. The monoisotopic (exact) mass is 393 g/mol.